The van der Waals surface area contributed by atoms with Gasteiger partial charge >= 0.3 is 11.9 Å². The van der Waals surface area contributed by atoms with Gasteiger partial charge in [-0.1, -0.05) is 40.9 Å². The predicted molar refractivity (Wildman–Crippen MR) is 140 cm³/mol. The zero-order valence-corrected chi connectivity index (χ0v) is 21.6. The first-order valence-electron chi connectivity index (χ1n) is 11.5. The smallest absolute Gasteiger partial charge is 0.345 e. The van der Waals surface area contributed by atoms with Gasteiger partial charge in [0.05, 0.1) is 16.5 Å². The number of hydrogen-bond acceptors (Lipinski definition) is 6. The third kappa shape index (κ3) is 6.18. The SMILES string of the molecule is Cc1ccc(N2C[C@@H](C(=O)OCC(=O)c3ccc(OC(=O)c4ccc(Cl)cc4Cl)cc3)CC2=O)c(C)c1. The van der Waals surface area contributed by atoms with Crippen LogP contribution in [0.1, 0.15) is 38.3 Å². The fourth-order valence-electron chi connectivity index (χ4n) is 4.07. The molecule has 0 bridgehead atoms. The second kappa shape index (κ2) is 11.2. The molecular weight excluding hydrogens is 517 g/mol. The van der Waals surface area contributed by atoms with Crippen LogP contribution in [0.4, 0.5) is 5.69 Å². The van der Waals surface area contributed by atoms with Crippen molar-refractivity contribution in [1.29, 1.82) is 0 Å². The van der Waals surface area contributed by atoms with Gasteiger partial charge in [0.2, 0.25) is 5.91 Å². The highest BCUT2D eigenvalue weighted by Crippen LogP contribution is 2.29. The quantitative estimate of drug-likeness (QED) is 0.220. The number of nitrogens with zero attached hydrogens (tertiary/aromatic N) is 1. The maximum atomic E-state index is 12.6. The van der Waals surface area contributed by atoms with E-state index in [1.165, 1.54) is 42.5 Å². The molecule has 3 aromatic rings. The lowest BCUT2D eigenvalue weighted by Gasteiger charge is -2.19. The zero-order chi connectivity index (χ0) is 26.7. The van der Waals surface area contributed by atoms with E-state index in [0.29, 0.717) is 5.02 Å². The van der Waals surface area contributed by atoms with Crippen molar-refractivity contribution in [2.45, 2.75) is 20.3 Å². The highest BCUT2D eigenvalue weighted by atomic mass is 35.5. The molecule has 0 aliphatic carbocycles. The average Bonchev–Trinajstić information content (AvgIpc) is 3.24. The Morgan fingerprint density at radius 1 is 0.973 bits per heavy atom. The first-order chi connectivity index (χ1) is 17.6. The van der Waals surface area contributed by atoms with E-state index in [-0.39, 0.29) is 40.8 Å². The van der Waals surface area contributed by atoms with Crippen LogP contribution in [-0.4, -0.2) is 36.8 Å². The lowest BCUT2D eigenvalue weighted by atomic mass is 10.1. The number of aryl methyl sites for hydroxylation is 2. The molecular formula is C28H23Cl2NO6. The topological polar surface area (TPSA) is 90.0 Å². The zero-order valence-electron chi connectivity index (χ0n) is 20.1. The normalized spacial score (nSPS) is 15.0. The van der Waals surface area contributed by atoms with Crippen LogP contribution in [0.3, 0.4) is 0 Å². The summed E-state index contributed by atoms with van der Waals surface area (Å²) >= 11 is 11.9. The summed E-state index contributed by atoms with van der Waals surface area (Å²) in [6, 6.07) is 16.0. The number of ether oxygens (including phenoxy) is 2. The summed E-state index contributed by atoms with van der Waals surface area (Å²) in [5.74, 6) is -2.30. The van der Waals surface area contributed by atoms with E-state index in [9.17, 15) is 19.2 Å². The Morgan fingerprint density at radius 3 is 2.38 bits per heavy atom. The second-order valence-corrected chi connectivity index (χ2v) is 9.61. The molecule has 9 heteroatoms. The molecule has 1 aliphatic heterocycles. The first-order valence-corrected chi connectivity index (χ1v) is 12.2. The van der Waals surface area contributed by atoms with Gasteiger partial charge in [0.15, 0.2) is 12.4 Å². The van der Waals surface area contributed by atoms with E-state index in [1.54, 1.807) is 4.90 Å². The number of anilines is 1. The molecule has 0 N–H and O–H groups in total. The van der Waals surface area contributed by atoms with E-state index in [4.69, 9.17) is 32.7 Å². The molecule has 0 aromatic heterocycles. The molecule has 7 nitrogen and oxygen atoms in total. The number of ketones is 1. The number of benzene rings is 3. The van der Waals surface area contributed by atoms with Gasteiger partial charge in [-0.25, -0.2) is 4.79 Å². The minimum atomic E-state index is -0.671. The van der Waals surface area contributed by atoms with E-state index in [2.05, 4.69) is 0 Å². The molecule has 37 heavy (non-hydrogen) atoms. The van der Waals surface area contributed by atoms with E-state index in [0.717, 1.165) is 16.8 Å². The molecule has 190 valence electrons. The van der Waals surface area contributed by atoms with Crippen LogP contribution in [-0.2, 0) is 14.3 Å². The summed E-state index contributed by atoms with van der Waals surface area (Å²) < 4.78 is 10.5. The van der Waals surface area contributed by atoms with Crippen LogP contribution in [0.25, 0.3) is 0 Å². The molecule has 0 radical (unpaired) electrons. The van der Waals surface area contributed by atoms with Crippen LogP contribution in [0, 0.1) is 19.8 Å². The number of amides is 1. The molecule has 0 unspecified atom stereocenters. The molecule has 3 aromatic carbocycles. The lowest BCUT2D eigenvalue weighted by molar-refractivity contribution is -0.147. The van der Waals surface area contributed by atoms with Gasteiger partial charge in [-0.15, -0.1) is 0 Å². The van der Waals surface area contributed by atoms with Crippen molar-refractivity contribution >= 4 is 52.5 Å². The Labute approximate surface area is 223 Å². The highest BCUT2D eigenvalue weighted by Gasteiger charge is 2.37. The largest absolute Gasteiger partial charge is 0.457 e. The average molecular weight is 540 g/mol. The number of carbonyl (C=O) groups excluding carboxylic acids is 4. The van der Waals surface area contributed by atoms with Gasteiger partial charge in [0, 0.05) is 29.2 Å². The lowest BCUT2D eigenvalue weighted by Crippen LogP contribution is -2.27. The van der Waals surface area contributed by atoms with Gasteiger partial charge < -0.3 is 14.4 Å². The van der Waals surface area contributed by atoms with Gasteiger partial charge in [0.1, 0.15) is 5.75 Å². The number of esters is 2. The summed E-state index contributed by atoms with van der Waals surface area (Å²) in [6.45, 7) is 3.62. The van der Waals surface area contributed by atoms with Crippen molar-refractivity contribution in [3.63, 3.8) is 0 Å². The highest BCUT2D eigenvalue weighted by molar-refractivity contribution is 6.36. The summed E-state index contributed by atoms with van der Waals surface area (Å²) in [5.41, 5.74) is 3.22. The third-order valence-electron chi connectivity index (χ3n) is 5.98. The Hall–Kier alpha value is -3.68. The number of carbonyl (C=O) groups is 4. The van der Waals surface area contributed by atoms with Crippen LogP contribution < -0.4 is 9.64 Å². The number of rotatable bonds is 7. The minimum absolute atomic E-state index is 0.0258. The fraction of sp³-hybridized carbons (Fsp3) is 0.214. The van der Waals surface area contributed by atoms with Gasteiger partial charge in [0.25, 0.3) is 0 Å². The van der Waals surface area contributed by atoms with E-state index in [1.807, 2.05) is 32.0 Å². The van der Waals surface area contributed by atoms with E-state index < -0.39 is 30.2 Å². The molecule has 4 rings (SSSR count). The monoisotopic (exact) mass is 539 g/mol. The minimum Gasteiger partial charge on any atom is -0.457 e. The van der Waals surface area contributed by atoms with E-state index >= 15 is 0 Å². The summed E-state index contributed by atoms with van der Waals surface area (Å²) in [5, 5.41) is 0.551. The van der Waals surface area contributed by atoms with Crippen molar-refractivity contribution < 1.29 is 28.7 Å². The Morgan fingerprint density at radius 2 is 1.70 bits per heavy atom. The molecule has 1 aliphatic rings. The standard InChI is InChI=1S/C28H23Cl2NO6/c1-16-3-10-24(17(2)11-16)31-14-19(12-26(31)33)27(34)36-15-25(32)18-4-7-21(8-5-18)37-28(35)22-9-6-20(29)13-23(22)30/h3-11,13,19H,12,14-15H2,1-2H3/t19-/m0/s1. The summed E-state index contributed by atoms with van der Waals surface area (Å²) in [6.07, 6.45) is 0.0258. The summed E-state index contributed by atoms with van der Waals surface area (Å²) in [7, 11) is 0. The Kier molecular flexibility index (Phi) is 7.95. The Balaban J connectivity index is 1.31. The van der Waals surface area contributed by atoms with Crippen molar-refractivity contribution in [3.05, 3.63) is 93.0 Å². The molecule has 1 heterocycles. The van der Waals surface area contributed by atoms with Crippen LogP contribution in [0.5, 0.6) is 5.75 Å². The summed E-state index contributed by atoms with van der Waals surface area (Å²) in [4.78, 5) is 51.5. The van der Waals surface area contributed by atoms with Gasteiger partial charge in [-0.05, 0) is 67.9 Å². The number of hydrogen-bond donors (Lipinski definition) is 0. The van der Waals surface area contributed by atoms with Crippen molar-refractivity contribution in [1.82, 2.24) is 0 Å². The molecule has 1 amide bonds. The maximum absolute atomic E-state index is 12.6. The van der Waals surface area contributed by atoms with Crippen LogP contribution in [0.2, 0.25) is 10.0 Å². The van der Waals surface area contributed by atoms with Crippen LogP contribution in [0.15, 0.2) is 60.7 Å². The Bertz CT molecular complexity index is 1390. The number of halogens is 2. The predicted octanol–water partition coefficient (Wildman–Crippen LogP) is 5.61. The van der Waals surface area contributed by atoms with Crippen molar-refractivity contribution in [3.8, 4) is 5.75 Å². The second-order valence-electron chi connectivity index (χ2n) is 8.76. The molecule has 1 saturated heterocycles. The fourth-order valence-corrected chi connectivity index (χ4v) is 4.56. The third-order valence-corrected chi connectivity index (χ3v) is 6.53. The first kappa shape index (κ1) is 26.4. The van der Waals surface area contributed by atoms with Gasteiger partial charge in [-0.2, -0.15) is 0 Å². The van der Waals surface area contributed by atoms with Crippen LogP contribution >= 0.6 is 23.2 Å². The van der Waals surface area contributed by atoms with Gasteiger partial charge in [-0.3, -0.25) is 14.4 Å². The molecule has 0 saturated carbocycles. The molecule has 0 spiro atoms. The van der Waals surface area contributed by atoms with Crippen molar-refractivity contribution in [2.75, 3.05) is 18.1 Å². The molecule has 1 fully saturated rings. The maximum Gasteiger partial charge on any atom is 0.345 e. The molecule has 1 atom stereocenters. The van der Waals surface area contributed by atoms with Crippen molar-refractivity contribution in [2.24, 2.45) is 5.92 Å². The number of Topliss-reactive ketones (excluding diaryl/α,β-unsaturated/α-hetero) is 1.